The highest BCUT2D eigenvalue weighted by atomic mass is 28.3. The molecule has 0 saturated heterocycles. The summed E-state index contributed by atoms with van der Waals surface area (Å²) in [6.07, 6.45) is 0.242. The molecule has 2 rings (SSSR count). The van der Waals surface area contributed by atoms with Gasteiger partial charge >= 0.3 is 0 Å². The van der Waals surface area contributed by atoms with Crippen LogP contribution in [0.1, 0.15) is 28.4 Å². The zero-order valence-corrected chi connectivity index (χ0v) is 13.8. The van der Waals surface area contributed by atoms with Gasteiger partial charge < -0.3 is 15.3 Å². The third-order valence-electron chi connectivity index (χ3n) is 3.34. The van der Waals surface area contributed by atoms with Crippen molar-refractivity contribution in [3.63, 3.8) is 0 Å². The number of carbonyl (C=O) groups is 1. The summed E-state index contributed by atoms with van der Waals surface area (Å²) < 4.78 is 5.67. The van der Waals surface area contributed by atoms with E-state index in [1.54, 1.807) is 12.1 Å². The normalized spacial score (nSPS) is 18.0. The Morgan fingerprint density at radius 3 is 2.81 bits per heavy atom. The van der Waals surface area contributed by atoms with Crippen LogP contribution in [-0.2, 0) is 9.57 Å². The number of nitrogens with two attached hydrogens (primary N) is 1. The Morgan fingerprint density at radius 1 is 1.43 bits per heavy atom. The van der Waals surface area contributed by atoms with Crippen LogP contribution >= 0.6 is 0 Å². The van der Waals surface area contributed by atoms with E-state index in [-0.39, 0.29) is 6.10 Å². The number of benzene rings is 1. The van der Waals surface area contributed by atoms with Crippen molar-refractivity contribution >= 4 is 19.9 Å². The highest BCUT2D eigenvalue weighted by molar-refractivity contribution is 6.76. The van der Waals surface area contributed by atoms with Crippen molar-refractivity contribution in [3.05, 3.63) is 35.4 Å². The molecule has 1 aliphatic heterocycles. The van der Waals surface area contributed by atoms with Gasteiger partial charge in [0.25, 0.3) is 0 Å². The second kappa shape index (κ2) is 6.30. The molecule has 1 unspecified atom stereocenters. The number of oxime groups is 1. The Morgan fingerprint density at radius 2 is 2.14 bits per heavy atom. The SMILES string of the molecule is C[Si](C)(C)CCOC1=NOC(c2ccccc2C(N)=O)C1. The molecule has 1 aliphatic rings. The van der Waals surface area contributed by atoms with Crippen molar-refractivity contribution in [2.75, 3.05) is 6.61 Å². The Kier molecular flexibility index (Phi) is 4.67. The van der Waals surface area contributed by atoms with E-state index in [1.165, 1.54) is 0 Å². The molecule has 1 aromatic carbocycles. The summed E-state index contributed by atoms with van der Waals surface area (Å²) in [7, 11) is -1.12. The van der Waals surface area contributed by atoms with Gasteiger partial charge in [0, 0.05) is 19.2 Å². The molecule has 0 aliphatic carbocycles. The highest BCUT2D eigenvalue weighted by Gasteiger charge is 2.27. The Hall–Kier alpha value is -1.82. The average molecular weight is 306 g/mol. The topological polar surface area (TPSA) is 73.9 Å². The minimum atomic E-state index is -1.12. The minimum Gasteiger partial charge on any atom is -0.479 e. The predicted molar refractivity (Wildman–Crippen MR) is 84.9 cm³/mol. The summed E-state index contributed by atoms with van der Waals surface area (Å²) in [4.78, 5) is 16.8. The van der Waals surface area contributed by atoms with Gasteiger partial charge in [0.05, 0.1) is 13.0 Å². The van der Waals surface area contributed by atoms with Gasteiger partial charge in [0.1, 0.15) is 0 Å². The fourth-order valence-corrected chi connectivity index (χ4v) is 2.80. The number of carbonyl (C=O) groups excluding carboxylic acids is 1. The van der Waals surface area contributed by atoms with Crippen molar-refractivity contribution in [2.45, 2.75) is 38.2 Å². The monoisotopic (exact) mass is 306 g/mol. The zero-order valence-electron chi connectivity index (χ0n) is 12.8. The maximum atomic E-state index is 11.4. The molecule has 5 nitrogen and oxygen atoms in total. The molecule has 0 radical (unpaired) electrons. The van der Waals surface area contributed by atoms with Crippen molar-refractivity contribution in [1.82, 2.24) is 0 Å². The van der Waals surface area contributed by atoms with E-state index in [9.17, 15) is 4.79 Å². The summed E-state index contributed by atoms with van der Waals surface area (Å²) >= 11 is 0. The molecule has 6 heteroatoms. The molecule has 0 spiro atoms. The van der Waals surface area contributed by atoms with Gasteiger partial charge in [-0.15, -0.1) is 0 Å². The molecule has 1 amide bonds. The van der Waals surface area contributed by atoms with E-state index in [4.69, 9.17) is 15.3 Å². The summed E-state index contributed by atoms with van der Waals surface area (Å²) in [5.41, 5.74) is 6.62. The van der Waals surface area contributed by atoms with Crippen molar-refractivity contribution < 1.29 is 14.4 Å². The van der Waals surface area contributed by atoms with Crippen LogP contribution in [0.4, 0.5) is 0 Å². The van der Waals surface area contributed by atoms with E-state index < -0.39 is 14.0 Å². The van der Waals surface area contributed by atoms with Crippen LogP contribution in [-0.4, -0.2) is 26.5 Å². The quantitative estimate of drug-likeness (QED) is 0.850. The lowest BCUT2D eigenvalue weighted by Crippen LogP contribution is -2.22. The van der Waals surface area contributed by atoms with Crippen LogP contribution in [0.15, 0.2) is 29.4 Å². The largest absolute Gasteiger partial charge is 0.479 e. The molecule has 0 saturated carbocycles. The number of amides is 1. The van der Waals surface area contributed by atoms with Crippen molar-refractivity contribution in [3.8, 4) is 0 Å². The first-order valence-corrected chi connectivity index (χ1v) is 10.8. The summed E-state index contributed by atoms with van der Waals surface area (Å²) in [6, 6.07) is 8.25. The number of primary amides is 1. The van der Waals surface area contributed by atoms with E-state index in [0.717, 1.165) is 11.6 Å². The summed E-state index contributed by atoms with van der Waals surface area (Å²) in [5, 5.41) is 3.97. The Balaban J connectivity index is 1.94. The molecule has 21 heavy (non-hydrogen) atoms. The number of ether oxygens (including phenoxy) is 1. The summed E-state index contributed by atoms with van der Waals surface area (Å²) in [6.45, 7) is 7.57. The third kappa shape index (κ3) is 4.32. The average Bonchev–Trinajstić information content (AvgIpc) is 2.86. The lowest BCUT2D eigenvalue weighted by Gasteiger charge is -2.15. The smallest absolute Gasteiger partial charge is 0.249 e. The van der Waals surface area contributed by atoms with Gasteiger partial charge in [-0.2, -0.15) is 0 Å². The lowest BCUT2D eigenvalue weighted by atomic mass is 10.00. The van der Waals surface area contributed by atoms with Gasteiger partial charge in [-0.25, -0.2) is 0 Å². The maximum Gasteiger partial charge on any atom is 0.249 e. The fraction of sp³-hybridized carbons (Fsp3) is 0.467. The molecule has 114 valence electrons. The predicted octanol–water partition coefficient (Wildman–Crippen LogP) is 2.92. The van der Waals surface area contributed by atoms with Crippen LogP contribution in [0.5, 0.6) is 0 Å². The van der Waals surface area contributed by atoms with Gasteiger partial charge in [-0.05, 0) is 12.1 Å². The van der Waals surface area contributed by atoms with E-state index in [2.05, 4.69) is 24.8 Å². The first kappa shape index (κ1) is 15.6. The van der Waals surface area contributed by atoms with Gasteiger partial charge in [0.15, 0.2) is 6.10 Å². The molecule has 1 aromatic rings. The number of hydrogen-bond acceptors (Lipinski definition) is 4. The van der Waals surface area contributed by atoms with Crippen molar-refractivity contribution in [2.24, 2.45) is 10.9 Å². The van der Waals surface area contributed by atoms with E-state index in [1.807, 2.05) is 12.1 Å². The zero-order chi connectivity index (χ0) is 15.5. The molecule has 1 atom stereocenters. The number of rotatable bonds is 5. The van der Waals surface area contributed by atoms with E-state index >= 15 is 0 Å². The minimum absolute atomic E-state index is 0.296. The molecule has 0 bridgehead atoms. The van der Waals surface area contributed by atoms with Crippen LogP contribution in [0.25, 0.3) is 0 Å². The molecular weight excluding hydrogens is 284 g/mol. The first-order valence-electron chi connectivity index (χ1n) is 7.11. The van der Waals surface area contributed by atoms with Crippen molar-refractivity contribution in [1.29, 1.82) is 0 Å². The molecule has 2 N–H and O–H groups in total. The van der Waals surface area contributed by atoms with E-state index in [0.29, 0.717) is 24.5 Å². The summed E-state index contributed by atoms with van der Waals surface area (Å²) in [5.74, 6) is 0.139. The molecule has 1 heterocycles. The van der Waals surface area contributed by atoms with Crippen LogP contribution in [0.3, 0.4) is 0 Å². The van der Waals surface area contributed by atoms with Gasteiger partial charge in [0.2, 0.25) is 11.8 Å². The van der Waals surface area contributed by atoms with Gasteiger partial charge in [-0.1, -0.05) is 43.0 Å². The Bertz CT molecular complexity index is 552. The third-order valence-corrected chi connectivity index (χ3v) is 5.04. The van der Waals surface area contributed by atoms with Crippen LogP contribution in [0, 0.1) is 0 Å². The number of nitrogens with zero attached hydrogens (tertiary/aromatic N) is 1. The Labute approximate surface area is 126 Å². The van der Waals surface area contributed by atoms with Gasteiger partial charge in [-0.3, -0.25) is 4.79 Å². The lowest BCUT2D eigenvalue weighted by molar-refractivity contribution is 0.0827. The standard InChI is InChI=1S/C15H22N2O3Si/c1-21(2,3)9-8-19-14-10-13(20-17-14)11-6-4-5-7-12(11)15(16)18/h4-7,13H,8-10H2,1-3H3,(H2,16,18). The second-order valence-electron chi connectivity index (χ2n) is 6.39. The highest BCUT2D eigenvalue weighted by Crippen LogP contribution is 2.30. The number of hydrogen-bond donors (Lipinski definition) is 1. The fourth-order valence-electron chi connectivity index (χ4n) is 2.08. The first-order chi connectivity index (χ1) is 9.87. The molecular formula is C15H22N2O3Si. The second-order valence-corrected chi connectivity index (χ2v) is 12.0. The van der Waals surface area contributed by atoms with Crippen LogP contribution < -0.4 is 5.73 Å². The molecule has 0 fully saturated rings. The molecule has 0 aromatic heterocycles. The van der Waals surface area contributed by atoms with Crippen LogP contribution in [0.2, 0.25) is 25.7 Å². The maximum absolute atomic E-state index is 11.4.